The van der Waals surface area contributed by atoms with Gasteiger partial charge in [-0.25, -0.2) is 4.98 Å². The monoisotopic (exact) mass is 500 g/mol. The van der Waals surface area contributed by atoms with E-state index in [-0.39, 0.29) is 11.8 Å². The molecule has 1 N–H and O–H groups in total. The lowest BCUT2D eigenvalue weighted by Gasteiger charge is -2.35. The second-order valence-corrected chi connectivity index (χ2v) is 10.2. The molecule has 0 bridgehead atoms. The van der Waals surface area contributed by atoms with Crippen LogP contribution in [0.1, 0.15) is 69.7 Å². The van der Waals surface area contributed by atoms with E-state index >= 15 is 0 Å². The number of fused-ring (bicyclic) bond motifs is 1. The number of hydrogen-bond acceptors (Lipinski definition) is 3. The summed E-state index contributed by atoms with van der Waals surface area (Å²) in [6, 6.07) is 18.7. The van der Waals surface area contributed by atoms with Crippen LogP contribution in [0.25, 0.3) is 11.0 Å². The molecule has 1 heterocycles. The topological polar surface area (TPSA) is 67.2 Å². The van der Waals surface area contributed by atoms with Crippen molar-refractivity contribution in [1.82, 2.24) is 19.8 Å². The SMILES string of the molecule is C=C(C)C(=O)NCCCCCc1nc2ccccc2n1CC(=O)N(Cc1ccccc1)C1CCCCC1. The minimum absolute atomic E-state index is 0.0849. The van der Waals surface area contributed by atoms with Gasteiger partial charge < -0.3 is 14.8 Å². The van der Waals surface area contributed by atoms with Crippen LogP contribution >= 0.6 is 0 Å². The molecule has 0 atom stereocenters. The average Bonchev–Trinajstić information content (AvgIpc) is 3.27. The Hall–Kier alpha value is -3.41. The summed E-state index contributed by atoms with van der Waals surface area (Å²) < 4.78 is 2.13. The number of nitrogens with one attached hydrogen (secondary N) is 1. The van der Waals surface area contributed by atoms with Crippen LogP contribution in [-0.2, 0) is 29.1 Å². The number of benzene rings is 2. The summed E-state index contributed by atoms with van der Waals surface area (Å²) in [7, 11) is 0. The maximum Gasteiger partial charge on any atom is 0.246 e. The van der Waals surface area contributed by atoms with E-state index < -0.39 is 0 Å². The van der Waals surface area contributed by atoms with Crippen LogP contribution < -0.4 is 5.32 Å². The number of aryl methyl sites for hydroxylation is 1. The lowest BCUT2D eigenvalue weighted by atomic mass is 9.93. The van der Waals surface area contributed by atoms with Gasteiger partial charge in [-0.3, -0.25) is 9.59 Å². The van der Waals surface area contributed by atoms with E-state index in [1.54, 1.807) is 6.92 Å². The number of aromatic nitrogens is 2. The fraction of sp³-hybridized carbons (Fsp3) is 0.452. The van der Waals surface area contributed by atoms with Crippen LogP contribution in [0.15, 0.2) is 66.7 Å². The van der Waals surface area contributed by atoms with Crippen molar-refractivity contribution >= 4 is 22.8 Å². The van der Waals surface area contributed by atoms with Crippen LogP contribution in [0.2, 0.25) is 0 Å². The van der Waals surface area contributed by atoms with Crippen LogP contribution in [0, 0.1) is 0 Å². The molecule has 2 amide bonds. The lowest BCUT2D eigenvalue weighted by Crippen LogP contribution is -2.42. The Bertz CT molecular complexity index is 1190. The molecular weight excluding hydrogens is 460 g/mol. The molecule has 1 aliphatic rings. The van der Waals surface area contributed by atoms with Gasteiger partial charge >= 0.3 is 0 Å². The van der Waals surface area contributed by atoms with Crippen molar-refractivity contribution in [3.63, 3.8) is 0 Å². The second-order valence-electron chi connectivity index (χ2n) is 10.2. The number of hydrogen-bond donors (Lipinski definition) is 1. The van der Waals surface area contributed by atoms with Gasteiger partial charge in [-0.1, -0.05) is 74.7 Å². The number of imidazole rings is 1. The summed E-state index contributed by atoms with van der Waals surface area (Å²) in [6.07, 6.45) is 9.45. The molecule has 6 heteroatoms. The van der Waals surface area contributed by atoms with Gasteiger partial charge in [0, 0.05) is 31.1 Å². The Morgan fingerprint density at radius 2 is 1.73 bits per heavy atom. The van der Waals surface area contributed by atoms with Crippen molar-refractivity contribution in [2.45, 2.75) is 83.8 Å². The normalized spacial score (nSPS) is 14.0. The highest BCUT2D eigenvalue weighted by Gasteiger charge is 2.26. The van der Waals surface area contributed by atoms with Crippen molar-refractivity contribution in [2.24, 2.45) is 0 Å². The fourth-order valence-electron chi connectivity index (χ4n) is 5.25. The molecule has 196 valence electrons. The molecule has 1 fully saturated rings. The van der Waals surface area contributed by atoms with Crippen LogP contribution in [0.5, 0.6) is 0 Å². The minimum Gasteiger partial charge on any atom is -0.352 e. The molecule has 1 aromatic heterocycles. The molecule has 2 aromatic carbocycles. The summed E-state index contributed by atoms with van der Waals surface area (Å²) >= 11 is 0. The first-order valence-corrected chi connectivity index (χ1v) is 13.7. The van der Waals surface area contributed by atoms with E-state index in [0.717, 1.165) is 55.4 Å². The van der Waals surface area contributed by atoms with Crippen LogP contribution in [0.4, 0.5) is 0 Å². The maximum absolute atomic E-state index is 13.9. The van der Waals surface area contributed by atoms with E-state index in [1.165, 1.54) is 24.8 Å². The number of rotatable bonds is 12. The number of para-hydroxylation sites is 2. The van der Waals surface area contributed by atoms with Crippen molar-refractivity contribution in [3.8, 4) is 0 Å². The zero-order valence-corrected chi connectivity index (χ0v) is 22.1. The largest absolute Gasteiger partial charge is 0.352 e. The van der Waals surface area contributed by atoms with E-state index in [0.29, 0.717) is 31.2 Å². The summed E-state index contributed by atoms with van der Waals surface area (Å²) in [6.45, 7) is 7.01. The smallest absolute Gasteiger partial charge is 0.246 e. The van der Waals surface area contributed by atoms with Gasteiger partial charge in [0.05, 0.1) is 11.0 Å². The molecule has 1 saturated carbocycles. The predicted molar refractivity (Wildman–Crippen MR) is 149 cm³/mol. The highest BCUT2D eigenvalue weighted by molar-refractivity contribution is 5.92. The van der Waals surface area contributed by atoms with Crippen molar-refractivity contribution in [2.75, 3.05) is 6.54 Å². The Labute approximate surface area is 220 Å². The quantitative estimate of drug-likeness (QED) is 0.252. The average molecular weight is 501 g/mol. The van der Waals surface area contributed by atoms with Crippen molar-refractivity contribution < 1.29 is 9.59 Å². The molecule has 0 aliphatic heterocycles. The molecule has 1 aliphatic carbocycles. The molecule has 0 saturated heterocycles. The maximum atomic E-state index is 13.9. The van der Waals surface area contributed by atoms with Gasteiger partial charge in [-0.2, -0.15) is 0 Å². The molecule has 37 heavy (non-hydrogen) atoms. The molecule has 3 aromatic rings. The van der Waals surface area contributed by atoms with Gasteiger partial charge in [-0.15, -0.1) is 0 Å². The van der Waals surface area contributed by atoms with Gasteiger partial charge in [-0.05, 0) is 50.3 Å². The first-order chi connectivity index (χ1) is 18.0. The Balaban J connectivity index is 1.45. The molecule has 0 radical (unpaired) electrons. The zero-order valence-electron chi connectivity index (χ0n) is 22.1. The Morgan fingerprint density at radius 1 is 1.00 bits per heavy atom. The van der Waals surface area contributed by atoms with Crippen molar-refractivity contribution in [3.05, 3.63) is 78.1 Å². The number of unbranched alkanes of at least 4 members (excludes halogenated alkanes) is 2. The highest BCUT2D eigenvalue weighted by Crippen LogP contribution is 2.26. The number of amides is 2. The Morgan fingerprint density at radius 3 is 2.49 bits per heavy atom. The third-order valence-electron chi connectivity index (χ3n) is 7.31. The second kappa shape index (κ2) is 13.2. The predicted octanol–water partition coefficient (Wildman–Crippen LogP) is 5.80. The molecule has 6 nitrogen and oxygen atoms in total. The van der Waals surface area contributed by atoms with Crippen LogP contribution in [-0.4, -0.2) is 38.9 Å². The van der Waals surface area contributed by atoms with Gasteiger partial charge in [0.1, 0.15) is 12.4 Å². The summed E-state index contributed by atoms with van der Waals surface area (Å²) in [5, 5.41) is 2.89. The third kappa shape index (κ3) is 7.31. The van der Waals surface area contributed by atoms with E-state index in [1.807, 2.05) is 36.4 Å². The number of nitrogens with zero attached hydrogens (tertiary/aromatic N) is 3. The zero-order chi connectivity index (χ0) is 26.0. The molecule has 0 spiro atoms. The molecule has 4 rings (SSSR count). The summed E-state index contributed by atoms with van der Waals surface area (Å²) in [5.41, 5.74) is 3.66. The third-order valence-corrected chi connectivity index (χ3v) is 7.31. The van der Waals surface area contributed by atoms with Gasteiger partial charge in [0.2, 0.25) is 11.8 Å². The van der Waals surface area contributed by atoms with E-state index in [9.17, 15) is 9.59 Å². The molecular formula is C31H40N4O2. The fourth-order valence-corrected chi connectivity index (χ4v) is 5.25. The van der Waals surface area contributed by atoms with Gasteiger partial charge in [0.15, 0.2) is 0 Å². The lowest BCUT2D eigenvalue weighted by molar-refractivity contribution is -0.135. The Kier molecular flexibility index (Phi) is 9.52. The van der Waals surface area contributed by atoms with Gasteiger partial charge in [0.25, 0.3) is 0 Å². The minimum atomic E-state index is -0.0849. The molecule has 0 unspecified atom stereocenters. The highest BCUT2D eigenvalue weighted by atomic mass is 16.2. The first kappa shape index (κ1) is 26.6. The summed E-state index contributed by atoms with van der Waals surface area (Å²) in [4.78, 5) is 32.6. The number of carbonyl (C=O) groups is 2. The summed E-state index contributed by atoms with van der Waals surface area (Å²) in [5.74, 6) is 1.05. The first-order valence-electron chi connectivity index (χ1n) is 13.7. The van der Waals surface area contributed by atoms with Crippen LogP contribution in [0.3, 0.4) is 0 Å². The van der Waals surface area contributed by atoms with E-state index in [2.05, 4.69) is 39.6 Å². The number of carbonyl (C=O) groups excluding carboxylic acids is 2. The standard InChI is InChI=1S/C31H40N4O2/c1-24(2)31(37)32-21-13-5-10-20-29-33-27-18-11-12-19-28(27)35(29)23-30(36)34(26-16-8-4-9-17-26)22-25-14-6-3-7-15-25/h3,6-7,11-12,14-15,18-19,26H,1,4-5,8-10,13,16-17,20-23H2,2H3,(H,32,37). The van der Waals surface area contributed by atoms with Crippen molar-refractivity contribution in [1.29, 1.82) is 0 Å². The van der Waals surface area contributed by atoms with E-state index in [4.69, 9.17) is 4.98 Å².